The van der Waals surface area contributed by atoms with Gasteiger partial charge in [0.05, 0.1) is 15.6 Å². The Kier molecular flexibility index (Phi) is 2.87. The van der Waals surface area contributed by atoms with Gasteiger partial charge in [-0.25, -0.2) is 0 Å². The molecule has 2 rings (SSSR count). The summed E-state index contributed by atoms with van der Waals surface area (Å²) in [5.74, 6) is 0. The first-order valence-electron chi connectivity index (χ1n) is 4.18. The Balaban J connectivity index is 2.90. The van der Waals surface area contributed by atoms with Crippen LogP contribution in [0.3, 0.4) is 0 Å². The monoisotopic (exact) mass is 258 g/mol. The van der Waals surface area contributed by atoms with Crippen molar-refractivity contribution >= 4 is 50.8 Å². The number of rotatable bonds is 1. The molecule has 0 heterocycles. The lowest BCUT2D eigenvalue weighted by molar-refractivity contribution is 0.108. The highest BCUT2D eigenvalue weighted by Gasteiger charge is 2.15. The van der Waals surface area contributed by atoms with Gasteiger partial charge in [-0.3, -0.25) is 4.79 Å². The van der Waals surface area contributed by atoms with Gasteiger partial charge in [-0.05, 0) is 23.1 Å². The van der Waals surface area contributed by atoms with Crippen LogP contribution in [0.1, 0.15) is 10.4 Å². The molecule has 0 saturated heterocycles. The molecule has 0 bridgehead atoms. The highest BCUT2D eigenvalue weighted by Crippen LogP contribution is 2.33. The molecule has 0 radical (unpaired) electrons. The van der Waals surface area contributed by atoms with Gasteiger partial charge in [0, 0.05) is 5.39 Å². The zero-order valence-corrected chi connectivity index (χ0v) is 9.70. The van der Waals surface area contributed by atoms with Crippen LogP contribution in [0.15, 0.2) is 30.3 Å². The van der Waals surface area contributed by atoms with Gasteiger partial charge in [-0.2, -0.15) is 0 Å². The summed E-state index contributed by atoms with van der Waals surface area (Å²) in [6.07, 6.45) is 0. The lowest BCUT2D eigenvalue weighted by Gasteiger charge is -2.06. The Morgan fingerprint density at radius 2 is 1.80 bits per heavy atom. The fraction of sp³-hybridized carbons (Fsp3) is 0. The molecule has 0 atom stereocenters. The maximum absolute atomic E-state index is 11.1. The number of hydrogen-bond acceptors (Lipinski definition) is 1. The van der Waals surface area contributed by atoms with E-state index in [1.807, 2.05) is 24.3 Å². The summed E-state index contributed by atoms with van der Waals surface area (Å²) in [4.78, 5) is 11.1. The lowest BCUT2D eigenvalue weighted by atomic mass is 10.1. The minimum absolute atomic E-state index is 0.165. The van der Waals surface area contributed by atoms with Crippen LogP contribution in [0.4, 0.5) is 0 Å². The molecule has 0 aliphatic carbocycles. The molecule has 0 saturated carbocycles. The maximum atomic E-state index is 11.1. The second-order valence-electron chi connectivity index (χ2n) is 3.04. The number of carbonyl (C=O) groups excluding carboxylic acids is 1. The third-order valence-corrected chi connectivity index (χ3v) is 3.01. The summed E-state index contributed by atoms with van der Waals surface area (Å²) in [5, 5.41) is 1.59. The average Bonchev–Trinajstić information content (AvgIpc) is 2.17. The van der Waals surface area contributed by atoms with E-state index in [1.54, 1.807) is 6.07 Å². The molecule has 2 aromatic carbocycles. The Hall–Kier alpha value is -0.760. The Morgan fingerprint density at radius 1 is 1.13 bits per heavy atom. The summed E-state index contributed by atoms with van der Waals surface area (Å²) in [6.45, 7) is 0. The van der Waals surface area contributed by atoms with E-state index in [0.29, 0.717) is 5.02 Å². The fourth-order valence-electron chi connectivity index (χ4n) is 1.45. The Bertz CT molecular complexity index is 549. The Labute approximate surface area is 102 Å². The van der Waals surface area contributed by atoms with E-state index in [4.69, 9.17) is 34.8 Å². The van der Waals surface area contributed by atoms with E-state index in [0.717, 1.165) is 10.8 Å². The van der Waals surface area contributed by atoms with Gasteiger partial charge in [-0.15, -0.1) is 0 Å². The number of halogens is 3. The molecule has 0 aliphatic heterocycles. The first-order valence-corrected chi connectivity index (χ1v) is 5.31. The maximum Gasteiger partial charge on any atom is 0.255 e. The van der Waals surface area contributed by atoms with Crippen LogP contribution < -0.4 is 0 Å². The predicted octanol–water partition coefficient (Wildman–Crippen LogP) is 4.53. The van der Waals surface area contributed by atoms with Crippen molar-refractivity contribution in [3.8, 4) is 0 Å². The van der Waals surface area contributed by atoms with Gasteiger partial charge >= 0.3 is 0 Å². The molecule has 0 amide bonds. The molecular formula is C11H5Cl3O. The standard InChI is InChI=1S/C11H5Cl3O/c12-8-5-6-3-1-2-4-7(6)10(13)9(8)11(14)15/h1-5H. The van der Waals surface area contributed by atoms with Crippen LogP contribution in [0, 0.1) is 0 Å². The summed E-state index contributed by atoms with van der Waals surface area (Å²) in [5.41, 5.74) is 0.165. The summed E-state index contributed by atoms with van der Waals surface area (Å²) in [7, 11) is 0. The van der Waals surface area contributed by atoms with Crippen molar-refractivity contribution in [2.75, 3.05) is 0 Å². The molecule has 76 valence electrons. The van der Waals surface area contributed by atoms with E-state index in [9.17, 15) is 4.79 Å². The molecule has 0 aromatic heterocycles. The van der Waals surface area contributed by atoms with Crippen LogP contribution in [-0.2, 0) is 0 Å². The van der Waals surface area contributed by atoms with Crippen LogP contribution in [-0.4, -0.2) is 5.24 Å². The fourth-order valence-corrected chi connectivity index (χ4v) is 2.45. The van der Waals surface area contributed by atoms with Gasteiger partial charge < -0.3 is 0 Å². The summed E-state index contributed by atoms with van der Waals surface area (Å²) >= 11 is 17.4. The predicted molar refractivity (Wildman–Crippen MR) is 64.2 cm³/mol. The van der Waals surface area contributed by atoms with Gasteiger partial charge in [-0.1, -0.05) is 47.5 Å². The molecular weight excluding hydrogens is 254 g/mol. The SMILES string of the molecule is O=C(Cl)c1c(Cl)cc2ccccc2c1Cl. The van der Waals surface area contributed by atoms with Crippen LogP contribution in [0.25, 0.3) is 10.8 Å². The van der Waals surface area contributed by atoms with Crippen molar-refractivity contribution in [3.05, 3.63) is 45.9 Å². The quantitative estimate of drug-likeness (QED) is 0.688. The first-order chi connectivity index (χ1) is 7.11. The Morgan fingerprint density at radius 3 is 2.47 bits per heavy atom. The molecule has 0 spiro atoms. The minimum Gasteiger partial charge on any atom is -0.275 e. The third-order valence-electron chi connectivity index (χ3n) is 2.13. The van der Waals surface area contributed by atoms with Gasteiger partial charge in [0.15, 0.2) is 0 Å². The zero-order valence-electron chi connectivity index (χ0n) is 7.43. The highest BCUT2D eigenvalue weighted by atomic mass is 35.5. The van der Waals surface area contributed by atoms with E-state index in [1.165, 1.54) is 0 Å². The number of hydrogen-bond donors (Lipinski definition) is 0. The van der Waals surface area contributed by atoms with Crippen molar-refractivity contribution in [2.45, 2.75) is 0 Å². The van der Waals surface area contributed by atoms with E-state index < -0.39 is 5.24 Å². The molecule has 15 heavy (non-hydrogen) atoms. The van der Waals surface area contributed by atoms with E-state index in [2.05, 4.69) is 0 Å². The highest BCUT2D eigenvalue weighted by molar-refractivity contribution is 6.70. The third kappa shape index (κ3) is 1.83. The van der Waals surface area contributed by atoms with Crippen molar-refractivity contribution in [1.29, 1.82) is 0 Å². The summed E-state index contributed by atoms with van der Waals surface area (Å²) < 4.78 is 0. The molecule has 0 N–H and O–H groups in total. The van der Waals surface area contributed by atoms with Crippen molar-refractivity contribution in [3.63, 3.8) is 0 Å². The molecule has 0 aliphatic rings. The molecule has 0 fully saturated rings. The smallest absolute Gasteiger partial charge is 0.255 e. The number of benzene rings is 2. The molecule has 0 unspecified atom stereocenters. The zero-order chi connectivity index (χ0) is 11.0. The first kappa shape index (κ1) is 10.7. The van der Waals surface area contributed by atoms with Crippen molar-refractivity contribution in [1.82, 2.24) is 0 Å². The van der Waals surface area contributed by atoms with Crippen LogP contribution >= 0.6 is 34.8 Å². The molecule has 4 heteroatoms. The lowest BCUT2D eigenvalue weighted by Crippen LogP contribution is -1.93. The van der Waals surface area contributed by atoms with Crippen molar-refractivity contribution in [2.24, 2.45) is 0 Å². The summed E-state index contributed by atoms with van der Waals surface area (Å²) in [6, 6.07) is 9.08. The van der Waals surface area contributed by atoms with E-state index >= 15 is 0 Å². The normalized spacial score (nSPS) is 10.6. The second kappa shape index (κ2) is 4.01. The molecule has 2 aromatic rings. The van der Waals surface area contributed by atoms with E-state index in [-0.39, 0.29) is 10.6 Å². The van der Waals surface area contributed by atoms with Gasteiger partial charge in [0.2, 0.25) is 0 Å². The second-order valence-corrected chi connectivity index (χ2v) is 4.17. The average molecular weight is 260 g/mol. The largest absolute Gasteiger partial charge is 0.275 e. The number of fused-ring (bicyclic) bond motifs is 1. The topological polar surface area (TPSA) is 17.1 Å². The minimum atomic E-state index is -0.643. The van der Waals surface area contributed by atoms with Gasteiger partial charge in [0.1, 0.15) is 0 Å². The molecule has 1 nitrogen and oxygen atoms in total. The number of carbonyl (C=O) groups is 1. The van der Waals surface area contributed by atoms with Gasteiger partial charge in [0.25, 0.3) is 5.24 Å². The van der Waals surface area contributed by atoms with Crippen LogP contribution in [0.2, 0.25) is 10.0 Å². The van der Waals surface area contributed by atoms with Crippen LogP contribution in [0.5, 0.6) is 0 Å². The van der Waals surface area contributed by atoms with Crippen molar-refractivity contribution < 1.29 is 4.79 Å².